The van der Waals surface area contributed by atoms with E-state index in [2.05, 4.69) is 9.97 Å². The van der Waals surface area contributed by atoms with E-state index in [1.54, 1.807) is 6.20 Å². The molecule has 0 aromatic carbocycles. The van der Waals surface area contributed by atoms with Gasteiger partial charge in [0.1, 0.15) is 0 Å². The Hall–Kier alpha value is -1.02. The summed E-state index contributed by atoms with van der Waals surface area (Å²) < 4.78 is 0. The summed E-state index contributed by atoms with van der Waals surface area (Å²) in [5.74, 6) is 0. The average Bonchev–Trinajstić information content (AvgIpc) is 2.65. The number of nitrogens with zero attached hydrogens (tertiary/aromatic N) is 1. The molecular formula is C10H9ClN2. The number of nitrogens with one attached hydrogen (secondary N) is 1. The Labute approximate surface area is 80.9 Å². The van der Waals surface area contributed by atoms with Crippen LogP contribution in [0.3, 0.4) is 0 Å². The van der Waals surface area contributed by atoms with Crippen molar-refractivity contribution in [2.24, 2.45) is 0 Å². The van der Waals surface area contributed by atoms with Crippen molar-refractivity contribution in [3.05, 3.63) is 28.7 Å². The smallest absolute Gasteiger partial charge is 0.153 e. The largest absolute Gasteiger partial charge is 0.356 e. The molecule has 0 bridgehead atoms. The summed E-state index contributed by atoms with van der Waals surface area (Å²) in [5.41, 5.74) is 3.80. The average molecular weight is 193 g/mol. The van der Waals surface area contributed by atoms with Gasteiger partial charge in [-0.1, -0.05) is 11.6 Å². The Balaban J connectivity index is 2.44. The molecule has 0 atom stereocenters. The van der Waals surface area contributed by atoms with Crippen LogP contribution in [0.1, 0.15) is 17.7 Å². The van der Waals surface area contributed by atoms with Crippen molar-refractivity contribution < 1.29 is 0 Å². The molecule has 0 fully saturated rings. The highest BCUT2D eigenvalue weighted by atomic mass is 35.5. The molecule has 0 saturated carbocycles. The van der Waals surface area contributed by atoms with Crippen LogP contribution in [-0.2, 0) is 12.8 Å². The molecule has 1 aliphatic carbocycles. The van der Waals surface area contributed by atoms with Crippen molar-refractivity contribution in [1.29, 1.82) is 0 Å². The predicted octanol–water partition coefficient (Wildman–Crippen LogP) is 2.71. The zero-order valence-electron chi connectivity index (χ0n) is 7.10. The fourth-order valence-corrected chi connectivity index (χ4v) is 2.34. The van der Waals surface area contributed by atoms with Crippen LogP contribution < -0.4 is 0 Å². The van der Waals surface area contributed by atoms with Gasteiger partial charge in [-0.2, -0.15) is 0 Å². The van der Waals surface area contributed by atoms with E-state index in [0.29, 0.717) is 5.15 Å². The number of aromatic nitrogens is 2. The maximum absolute atomic E-state index is 5.98. The zero-order valence-corrected chi connectivity index (χ0v) is 7.86. The first-order valence-corrected chi connectivity index (χ1v) is 4.88. The van der Waals surface area contributed by atoms with Crippen LogP contribution in [0.5, 0.6) is 0 Å². The second-order valence-corrected chi connectivity index (χ2v) is 3.82. The van der Waals surface area contributed by atoms with Crippen LogP contribution in [0.4, 0.5) is 0 Å². The van der Waals surface area contributed by atoms with Crippen molar-refractivity contribution in [3.8, 4) is 0 Å². The highest BCUT2D eigenvalue weighted by Crippen LogP contribution is 2.31. The topological polar surface area (TPSA) is 28.7 Å². The Morgan fingerprint density at radius 3 is 3.23 bits per heavy atom. The fraction of sp³-hybridized carbons (Fsp3) is 0.300. The maximum atomic E-state index is 5.98. The van der Waals surface area contributed by atoms with Gasteiger partial charge in [-0.25, -0.2) is 4.98 Å². The number of aromatic amines is 1. The van der Waals surface area contributed by atoms with Gasteiger partial charge in [0.2, 0.25) is 0 Å². The molecule has 0 radical (unpaired) electrons. The first-order chi connectivity index (χ1) is 6.36. The molecular weight excluding hydrogens is 184 g/mol. The van der Waals surface area contributed by atoms with Crippen molar-refractivity contribution in [2.75, 3.05) is 0 Å². The Kier molecular flexibility index (Phi) is 1.41. The highest BCUT2D eigenvalue weighted by molar-refractivity contribution is 6.33. The number of aryl methyl sites for hydroxylation is 2. The van der Waals surface area contributed by atoms with Crippen LogP contribution in [0.2, 0.25) is 5.15 Å². The molecule has 0 unspecified atom stereocenters. The lowest BCUT2D eigenvalue weighted by molar-refractivity contribution is 0.898. The van der Waals surface area contributed by atoms with E-state index in [9.17, 15) is 0 Å². The molecule has 1 N–H and O–H groups in total. The van der Waals surface area contributed by atoms with Gasteiger partial charge in [0.15, 0.2) is 5.15 Å². The molecule has 0 amide bonds. The minimum atomic E-state index is 0.590. The maximum Gasteiger partial charge on any atom is 0.153 e. The molecule has 0 aliphatic heterocycles. The quantitative estimate of drug-likeness (QED) is 0.639. The van der Waals surface area contributed by atoms with Gasteiger partial charge in [0, 0.05) is 17.3 Å². The zero-order chi connectivity index (χ0) is 8.84. The van der Waals surface area contributed by atoms with Crippen molar-refractivity contribution in [3.63, 3.8) is 0 Å². The molecule has 2 aromatic heterocycles. The third-order valence-corrected chi connectivity index (χ3v) is 3.01. The Bertz CT molecular complexity index is 473. The van der Waals surface area contributed by atoms with Crippen LogP contribution in [0, 0.1) is 0 Å². The van der Waals surface area contributed by atoms with Gasteiger partial charge in [-0.15, -0.1) is 0 Å². The summed E-state index contributed by atoms with van der Waals surface area (Å²) in [6.07, 6.45) is 5.37. The third-order valence-electron chi connectivity index (χ3n) is 2.72. The van der Waals surface area contributed by atoms with Crippen LogP contribution >= 0.6 is 11.6 Å². The lowest BCUT2D eigenvalue weighted by Crippen LogP contribution is -1.80. The Morgan fingerprint density at radius 2 is 2.31 bits per heavy atom. The number of hydrogen-bond donors (Lipinski definition) is 1. The van der Waals surface area contributed by atoms with Gasteiger partial charge in [-0.05, 0) is 30.9 Å². The molecule has 13 heavy (non-hydrogen) atoms. The first kappa shape index (κ1) is 7.39. The number of H-pyrrole nitrogens is 1. The summed E-state index contributed by atoms with van der Waals surface area (Å²) >= 11 is 5.98. The van der Waals surface area contributed by atoms with Gasteiger partial charge >= 0.3 is 0 Å². The summed E-state index contributed by atoms with van der Waals surface area (Å²) in [6, 6.07) is 2.04. The molecule has 3 heteroatoms. The molecule has 2 heterocycles. The van der Waals surface area contributed by atoms with Gasteiger partial charge in [0.05, 0.1) is 5.52 Å². The molecule has 2 nitrogen and oxygen atoms in total. The minimum absolute atomic E-state index is 0.590. The predicted molar refractivity (Wildman–Crippen MR) is 53.1 cm³/mol. The summed E-state index contributed by atoms with van der Waals surface area (Å²) in [6.45, 7) is 0. The number of pyridine rings is 1. The number of fused-ring (bicyclic) bond motifs is 3. The number of rotatable bonds is 0. The summed E-state index contributed by atoms with van der Waals surface area (Å²) in [4.78, 5) is 7.40. The second-order valence-electron chi connectivity index (χ2n) is 3.46. The second kappa shape index (κ2) is 2.48. The van der Waals surface area contributed by atoms with Crippen molar-refractivity contribution in [1.82, 2.24) is 9.97 Å². The summed E-state index contributed by atoms with van der Waals surface area (Å²) in [5, 5.41) is 1.85. The van der Waals surface area contributed by atoms with Crippen LogP contribution in [0.15, 0.2) is 12.3 Å². The normalized spacial score (nSPS) is 15.2. The Morgan fingerprint density at radius 1 is 1.38 bits per heavy atom. The first-order valence-electron chi connectivity index (χ1n) is 4.50. The molecule has 1 aliphatic rings. The number of hydrogen-bond acceptors (Lipinski definition) is 1. The SMILES string of the molecule is Clc1nccc2c3c([nH]c12)CCC3. The molecule has 2 aromatic rings. The lowest BCUT2D eigenvalue weighted by Gasteiger charge is -1.94. The highest BCUT2D eigenvalue weighted by Gasteiger charge is 2.17. The molecule has 0 saturated heterocycles. The van der Waals surface area contributed by atoms with Crippen LogP contribution in [-0.4, -0.2) is 9.97 Å². The molecule has 66 valence electrons. The van der Waals surface area contributed by atoms with E-state index in [0.717, 1.165) is 11.9 Å². The third kappa shape index (κ3) is 0.923. The van der Waals surface area contributed by atoms with Crippen LogP contribution in [0.25, 0.3) is 10.9 Å². The van der Waals surface area contributed by atoms with Gasteiger partial charge in [-0.3, -0.25) is 0 Å². The minimum Gasteiger partial charge on any atom is -0.356 e. The van der Waals surface area contributed by atoms with Crippen molar-refractivity contribution in [2.45, 2.75) is 19.3 Å². The summed E-state index contributed by atoms with van der Waals surface area (Å²) in [7, 11) is 0. The standard InChI is InChI=1S/C10H9ClN2/c11-10-9-7(4-5-12-10)6-2-1-3-8(6)13-9/h4-5,13H,1-3H2. The van der Waals surface area contributed by atoms with E-state index in [1.807, 2.05) is 6.07 Å². The van der Waals surface area contributed by atoms with E-state index in [1.165, 1.54) is 29.5 Å². The van der Waals surface area contributed by atoms with E-state index < -0.39 is 0 Å². The monoisotopic (exact) mass is 192 g/mol. The van der Waals surface area contributed by atoms with Gasteiger partial charge in [0.25, 0.3) is 0 Å². The molecule has 0 spiro atoms. The van der Waals surface area contributed by atoms with E-state index in [4.69, 9.17) is 11.6 Å². The van der Waals surface area contributed by atoms with Crippen molar-refractivity contribution >= 4 is 22.5 Å². The van der Waals surface area contributed by atoms with E-state index in [-0.39, 0.29) is 0 Å². The van der Waals surface area contributed by atoms with E-state index >= 15 is 0 Å². The lowest BCUT2D eigenvalue weighted by atomic mass is 10.2. The fourth-order valence-electron chi connectivity index (χ4n) is 2.14. The van der Waals surface area contributed by atoms with Gasteiger partial charge < -0.3 is 4.98 Å². The number of halogens is 1. The molecule has 3 rings (SSSR count).